The van der Waals surface area contributed by atoms with Gasteiger partial charge in [0.2, 0.25) is 0 Å². The molecule has 0 spiro atoms. The van der Waals surface area contributed by atoms with Crippen LogP contribution in [-0.2, 0) is 14.3 Å². The Morgan fingerprint density at radius 3 is 2.23 bits per heavy atom. The summed E-state index contributed by atoms with van der Waals surface area (Å²) in [4.78, 5) is 20.3. The smallest absolute Gasteiger partial charge is 0.285 e. The summed E-state index contributed by atoms with van der Waals surface area (Å²) in [5.74, 6) is 0. The molecule has 146 valence electrons. The van der Waals surface area contributed by atoms with Gasteiger partial charge in [-0.3, -0.25) is 0 Å². The van der Waals surface area contributed by atoms with Gasteiger partial charge in [0.1, 0.15) is 19.2 Å². The number of amidine groups is 1. The van der Waals surface area contributed by atoms with Crippen LogP contribution in [-0.4, -0.2) is 44.0 Å². The van der Waals surface area contributed by atoms with Crippen molar-refractivity contribution in [2.45, 2.75) is 51.7 Å². The zero-order valence-corrected chi connectivity index (χ0v) is 16.3. The van der Waals surface area contributed by atoms with Gasteiger partial charge < -0.3 is 24.7 Å². The van der Waals surface area contributed by atoms with Crippen molar-refractivity contribution in [2.75, 3.05) is 13.7 Å². The Bertz CT molecular complexity index is 540. The molecule has 0 amide bonds. The fourth-order valence-corrected chi connectivity index (χ4v) is 2.58. The Morgan fingerprint density at radius 2 is 1.81 bits per heavy atom. The normalized spacial score (nSPS) is 16.1. The van der Waals surface area contributed by atoms with Gasteiger partial charge in [-0.25, -0.2) is 4.99 Å². The first-order valence-corrected chi connectivity index (χ1v) is 8.58. The van der Waals surface area contributed by atoms with Crippen LogP contribution in [0.25, 0.3) is 0 Å². The number of benzene rings is 1. The van der Waals surface area contributed by atoms with Crippen LogP contribution < -0.4 is 5.32 Å². The Balaban J connectivity index is 0.00000146. The Morgan fingerprint density at radius 1 is 1.27 bits per heavy atom. The first kappa shape index (κ1) is 23.8. The quantitative estimate of drug-likeness (QED) is 0.598. The second-order valence-electron chi connectivity index (χ2n) is 6.82. The molecule has 1 atom stereocenters. The molecule has 1 fully saturated rings. The predicted molar refractivity (Wildman–Crippen MR) is 104 cm³/mol. The maximum absolute atomic E-state index is 9.33. The van der Waals surface area contributed by atoms with E-state index < -0.39 is 0 Å². The molecule has 0 bridgehead atoms. The summed E-state index contributed by atoms with van der Waals surface area (Å²) in [6.07, 6.45) is 3.00. The third-order valence-corrected chi connectivity index (χ3v) is 4.93. The van der Waals surface area contributed by atoms with Crippen LogP contribution in [0, 0.1) is 5.41 Å². The van der Waals surface area contributed by atoms with E-state index in [0.29, 0.717) is 12.4 Å². The van der Waals surface area contributed by atoms with Crippen LogP contribution in [0.4, 0.5) is 0 Å². The molecule has 2 N–H and O–H groups in total. The van der Waals surface area contributed by atoms with E-state index in [2.05, 4.69) is 31.1 Å². The van der Waals surface area contributed by atoms with Crippen LogP contribution in [0.5, 0.6) is 0 Å². The number of aliphatic imine (C=N–C) groups is 1. The van der Waals surface area contributed by atoms with E-state index >= 15 is 0 Å². The minimum atomic E-state index is -0.255. The van der Waals surface area contributed by atoms with Crippen molar-refractivity contribution in [3.05, 3.63) is 35.9 Å². The molecule has 1 aliphatic carbocycles. The molecule has 6 heteroatoms. The van der Waals surface area contributed by atoms with E-state index in [4.69, 9.17) is 14.3 Å². The lowest BCUT2D eigenvalue weighted by molar-refractivity contribution is -0.0987. The average molecular weight is 364 g/mol. The highest BCUT2D eigenvalue weighted by Gasteiger charge is 2.52. The van der Waals surface area contributed by atoms with Gasteiger partial charge >= 0.3 is 0 Å². The summed E-state index contributed by atoms with van der Waals surface area (Å²) >= 11 is 0. The summed E-state index contributed by atoms with van der Waals surface area (Å²) < 4.78 is 6.17. The molecule has 6 nitrogen and oxygen atoms in total. The van der Waals surface area contributed by atoms with Gasteiger partial charge in [-0.05, 0) is 38.7 Å². The third kappa shape index (κ3) is 6.59. The number of hydrogen-bond donors (Lipinski definition) is 2. The van der Waals surface area contributed by atoms with Crippen LogP contribution in [0.15, 0.2) is 35.3 Å². The fourth-order valence-electron chi connectivity index (χ4n) is 2.58. The number of nitrogens with one attached hydrogen (secondary N) is 1. The molecule has 1 aromatic carbocycles. The van der Waals surface area contributed by atoms with Crippen LogP contribution in [0.2, 0.25) is 0 Å². The number of aliphatic hydroxyl groups is 1. The molecular weight excluding hydrogens is 332 g/mol. The van der Waals surface area contributed by atoms with Crippen molar-refractivity contribution >= 4 is 19.6 Å². The maximum Gasteiger partial charge on any atom is 0.285 e. The van der Waals surface area contributed by atoms with Gasteiger partial charge in [0, 0.05) is 19.1 Å². The molecule has 26 heavy (non-hydrogen) atoms. The molecule has 0 aliphatic heterocycles. The molecule has 1 aromatic rings. The first-order chi connectivity index (χ1) is 12.4. The molecule has 0 saturated heterocycles. The Kier molecular flexibility index (Phi) is 10.4. The number of carbonyl (C=O) groups is 2. The number of nitrogens with zero attached hydrogens (tertiary/aromatic N) is 1. The largest absolute Gasteiger partial charge is 0.459 e. The van der Waals surface area contributed by atoms with Crippen LogP contribution >= 0.6 is 0 Å². The molecule has 2 rings (SSSR count). The van der Waals surface area contributed by atoms with Gasteiger partial charge in [-0.15, -0.1) is 0 Å². The lowest BCUT2D eigenvalue weighted by Crippen LogP contribution is -2.42. The van der Waals surface area contributed by atoms with Crippen LogP contribution in [0.3, 0.4) is 0 Å². The van der Waals surface area contributed by atoms with E-state index in [1.54, 1.807) is 7.05 Å². The van der Waals surface area contributed by atoms with E-state index in [-0.39, 0.29) is 23.7 Å². The van der Waals surface area contributed by atoms with Gasteiger partial charge in [-0.2, -0.15) is 0 Å². The highest BCUT2D eigenvalue weighted by molar-refractivity contribution is 5.74. The molecular formula is C20H32N2O4. The minimum absolute atomic E-state index is 0.00675. The molecule has 1 aliphatic rings. The topological polar surface area (TPSA) is 88.0 Å². The summed E-state index contributed by atoms with van der Waals surface area (Å²) in [6, 6.07) is 10.6. The average Bonchev–Trinajstić information content (AvgIpc) is 3.44. The van der Waals surface area contributed by atoms with Crippen molar-refractivity contribution in [1.82, 2.24) is 5.32 Å². The van der Waals surface area contributed by atoms with E-state index in [1.807, 2.05) is 43.9 Å². The minimum Gasteiger partial charge on any atom is -0.459 e. The zero-order chi connectivity index (χ0) is 20.2. The number of hydrogen-bond acceptors (Lipinski definition) is 5. The van der Waals surface area contributed by atoms with Crippen molar-refractivity contribution in [3.8, 4) is 0 Å². The highest BCUT2D eigenvalue weighted by Crippen LogP contribution is 2.55. The van der Waals surface area contributed by atoms with Crippen molar-refractivity contribution < 1.29 is 19.4 Å². The van der Waals surface area contributed by atoms with Gasteiger partial charge in [0.25, 0.3) is 6.02 Å². The lowest BCUT2D eigenvalue weighted by Gasteiger charge is -2.34. The molecule has 0 aromatic heterocycles. The Hall–Kier alpha value is -2.21. The lowest BCUT2D eigenvalue weighted by atomic mass is 9.89. The zero-order valence-electron chi connectivity index (χ0n) is 16.3. The molecule has 0 heterocycles. The standard InChI is InChI=1S/C18H28N2O2.2CH2O/c1-17(2,18(3)11-12-18)22-16(19-4)20-15(10-13-21)14-8-6-5-7-9-14;2*1-2/h5-9,15,21H,10-13H2,1-4H3,(H,19,20);2*1H2/t15-;;/m0../s1. The summed E-state index contributed by atoms with van der Waals surface area (Å²) in [5, 5.41) is 12.7. The van der Waals surface area contributed by atoms with Crippen LogP contribution in [0.1, 0.15) is 51.6 Å². The van der Waals surface area contributed by atoms with E-state index in [1.165, 1.54) is 12.8 Å². The summed E-state index contributed by atoms with van der Waals surface area (Å²) in [7, 11) is 1.73. The van der Waals surface area contributed by atoms with Gasteiger partial charge in [0.05, 0.1) is 6.04 Å². The maximum atomic E-state index is 9.33. The van der Waals surface area contributed by atoms with Crippen molar-refractivity contribution in [3.63, 3.8) is 0 Å². The molecule has 0 unspecified atom stereocenters. The van der Waals surface area contributed by atoms with Crippen molar-refractivity contribution in [2.24, 2.45) is 10.4 Å². The summed E-state index contributed by atoms with van der Waals surface area (Å²) in [6.45, 7) is 10.6. The third-order valence-electron chi connectivity index (χ3n) is 4.93. The first-order valence-electron chi connectivity index (χ1n) is 8.58. The molecule has 1 saturated carbocycles. The monoisotopic (exact) mass is 364 g/mol. The van der Waals surface area contributed by atoms with E-state index in [0.717, 1.165) is 5.56 Å². The Labute approximate surface area is 156 Å². The van der Waals surface area contributed by atoms with Crippen molar-refractivity contribution in [1.29, 1.82) is 0 Å². The second-order valence-corrected chi connectivity index (χ2v) is 6.82. The fraction of sp³-hybridized carbons (Fsp3) is 0.550. The highest BCUT2D eigenvalue weighted by atomic mass is 16.5. The second kappa shape index (κ2) is 11.4. The number of aliphatic hydroxyl groups excluding tert-OH is 1. The number of ether oxygens (including phenoxy) is 1. The predicted octanol–water partition coefficient (Wildman–Crippen LogP) is 2.91. The van der Waals surface area contributed by atoms with E-state index in [9.17, 15) is 5.11 Å². The van der Waals surface area contributed by atoms with Gasteiger partial charge in [0.15, 0.2) is 0 Å². The number of rotatable bonds is 6. The van der Waals surface area contributed by atoms with Gasteiger partial charge in [-0.1, -0.05) is 37.3 Å². The number of carbonyl (C=O) groups excluding carboxylic acids is 2. The summed E-state index contributed by atoms with van der Waals surface area (Å²) in [5.41, 5.74) is 1.09. The SMILES string of the molecule is C=O.C=O.CN=C(N[C@@H](CCO)c1ccccc1)OC(C)(C)C1(C)CC1. The molecule has 0 radical (unpaired) electrons.